The van der Waals surface area contributed by atoms with Gasteiger partial charge in [-0.3, -0.25) is 9.59 Å². The van der Waals surface area contributed by atoms with E-state index in [1.807, 2.05) is 24.3 Å². The van der Waals surface area contributed by atoms with E-state index in [9.17, 15) is 9.59 Å². The van der Waals surface area contributed by atoms with Crippen molar-refractivity contribution in [3.8, 4) is 0 Å². The number of nitrogens with zero attached hydrogens (tertiary/aromatic N) is 1. The average Bonchev–Trinajstić information content (AvgIpc) is 3.07. The number of fused-ring (bicyclic) bond motifs is 1. The third kappa shape index (κ3) is 3.26. The second-order valence-electron chi connectivity index (χ2n) is 6.58. The Morgan fingerprint density at radius 2 is 1.71 bits per heavy atom. The summed E-state index contributed by atoms with van der Waals surface area (Å²) in [5.41, 5.74) is 1.79. The third-order valence-electron chi connectivity index (χ3n) is 4.69. The van der Waals surface area contributed by atoms with Gasteiger partial charge >= 0.3 is 0 Å². The molecule has 0 spiro atoms. The van der Waals surface area contributed by atoms with Crippen LogP contribution in [0.2, 0.25) is 0 Å². The van der Waals surface area contributed by atoms with Gasteiger partial charge < -0.3 is 10.2 Å². The van der Waals surface area contributed by atoms with E-state index in [0.29, 0.717) is 6.42 Å². The maximum atomic E-state index is 12.2. The number of nitrogens with one attached hydrogen (secondary N) is 1. The fraction of sp³-hybridized carbons (Fsp3) is 0.529. The maximum Gasteiger partial charge on any atom is 0.227 e. The van der Waals surface area contributed by atoms with Gasteiger partial charge in [0.2, 0.25) is 11.8 Å². The van der Waals surface area contributed by atoms with Crippen molar-refractivity contribution in [2.45, 2.75) is 25.7 Å². The molecule has 2 saturated carbocycles. The standard InChI is InChI=1S/C17H22N2O2/c1-19(2)16(20)7-11-3-5-15(6-4-11)18-17(21)14-9-12-8-13(12)10-14/h3-6,12-14H,7-10H2,1-2H3,(H,18,21). The molecule has 21 heavy (non-hydrogen) atoms. The lowest BCUT2D eigenvalue weighted by molar-refractivity contribution is -0.128. The smallest absolute Gasteiger partial charge is 0.227 e. The maximum absolute atomic E-state index is 12.2. The van der Waals surface area contributed by atoms with E-state index in [0.717, 1.165) is 35.9 Å². The molecule has 0 aliphatic heterocycles. The first-order valence-electron chi connectivity index (χ1n) is 7.63. The summed E-state index contributed by atoms with van der Waals surface area (Å²) in [6.45, 7) is 0. The second-order valence-corrected chi connectivity index (χ2v) is 6.58. The summed E-state index contributed by atoms with van der Waals surface area (Å²) in [5.74, 6) is 2.07. The van der Waals surface area contributed by atoms with Gasteiger partial charge in [-0.2, -0.15) is 0 Å². The van der Waals surface area contributed by atoms with Crippen LogP contribution in [-0.4, -0.2) is 30.8 Å². The molecule has 2 amide bonds. The molecule has 3 rings (SSSR count). The largest absolute Gasteiger partial charge is 0.349 e. The van der Waals surface area contributed by atoms with Crippen LogP contribution >= 0.6 is 0 Å². The number of carbonyl (C=O) groups excluding carboxylic acids is 2. The minimum absolute atomic E-state index is 0.0805. The predicted octanol–water partition coefficient (Wildman–Crippen LogP) is 2.30. The van der Waals surface area contributed by atoms with Crippen LogP contribution in [0.25, 0.3) is 0 Å². The van der Waals surface area contributed by atoms with Crippen LogP contribution in [0.5, 0.6) is 0 Å². The van der Waals surface area contributed by atoms with Gasteiger partial charge in [-0.1, -0.05) is 12.1 Å². The van der Waals surface area contributed by atoms with E-state index in [4.69, 9.17) is 0 Å². The summed E-state index contributed by atoms with van der Waals surface area (Å²) >= 11 is 0. The molecule has 2 aliphatic rings. The molecule has 2 fully saturated rings. The highest BCUT2D eigenvalue weighted by Crippen LogP contribution is 2.54. The van der Waals surface area contributed by atoms with Crippen molar-refractivity contribution in [1.29, 1.82) is 0 Å². The predicted molar refractivity (Wildman–Crippen MR) is 81.8 cm³/mol. The van der Waals surface area contributed by atoms with E-state index in [1.54, 1.807) is 19.0 Å². The van der Waals surface area contributed by atoms with E-state index in [1.165, 1.54) is 6.42 Å². The Bertz CT molecular complexity index is 540. The molecule has 112 valence electrons. The summed E-state index contributed by atoms with van der Waals surface area (Å²) in [6.07, 6.45) is 3.85. The molecular formula is C17H22N2O2. The van der Waals surface area contributed by atoms with Crippen LogP contribution in [0, 0.1) is 17.8 Å². The molecule has 2 atom stereocenters. The molecule has 0 bridgehead atoms. The van der Waals surface area contributed by atoms with Gasteiger partial charge in [0.15, 0.2) is 0 Å². The number of amides is 2. The van der Waals surface area contributed by atoms with Crippen molar-refractivity contribution in [2.24, 2.45) is 17.8 Å². The normalized spacial score (nSPS) is 26.1. The summed E-state index contributed by atoms with van der Waals surface area (Å²) in [7, 11) is 3.51. The topological polar surface area (TPSA) is 49.4 Å². The van der Waals surface area contributed by atoms with Crippen LogP contribution in [-0.2, 0) is 16.0 Å². The summed E-state index contributed by atoms with van der Waals surface area (Å²) in [5, 5.41) is 2.99. The van der Waals surface area contributed by atoms with Gasteiger partial charge in [0.05, 0.1) is 6.42 Å². The van der Waals surface area contributed by atoms with Gasteiger partial charge in [-0.15, -0.1) is 0 Å². The van der Waals surface area contributed by atoms with E-state index in [2.05, 4.69) is 5.32 Å². The van der Waals surface area contributed by atoms with E-state index < -0.39 is 0 Å². The first kappa shape index (κ1) is 14.1. The second kappa shape index (κ2) is 5.51. The monoisotopic (exact) mass is 286 g/mol. The molecule has 1 aromatic rings. The quantitative estimate of drug-likeness (QED) is 0.923. The van der Waals surface area contributed by atoms with Crippen LogP contribution in [0.4, 0.5) is 5.69 Å². The lowest BCUT2D eigenvalue weighted by Gasteiger charge is -2.13. The number of likely N-dealkylation sites (N-methyl/N-ethyl adjacent to an activating group) is 1. The molecule has 2 aliphatic carbocycles. The van der Waals surface area contributed by atoms with Crippen molar-refractivity contribution in [2.75, 3.05) is 19.4 Å². The first-order chi connectivity index (χ1) is 10.0. The Hall–Kier alpha value is -1.84. The molecule has 0 radical (unpaired) electrons. The van der Waals surface area contributed by atoms with E-state index in [-0.39, 0.29) is 17.7 Å². The first-order valence-corrected chi connectivity index (χ1v) is 7.63. The van der Waals surface area contributed by atoms with Gasteiger partial charge in [-0.05, 0) is 48.8 Å². The van der Waals surface area contributed by atoms with Crippen molar-refractivity contribution in [3.05, 3.63) is 29.8 Å². The van der Waals surface area contributed by atoms with Crippen molar-refractivity contribution >= 4 is 17.5 Å². The Kier molecular flexibility index (Phi) is 3.70. The highest BCUT2D eigenvalue weighted by molar-refractivity contribution is 5.93. The molecule has 0 heterocycles. The molecule has 4 heteroatoms. The Morgan fingerprint density at radius 1 is 1.10 bits per heavy atom. The number of benzene rings is 1. The fourth-order valence-electron chi connectivity index (χ4n) is 3.21. The zero-order valence-electron chi connectivity index (χ0n) is 12.6. The summed E-state index contributed by atoms with van der Waals surface area (Å²) < 4.78 is 0. The van der Waals surface area contributed by atoms with Gasteiger partial charge in [0.1, 0.15) is 0 Å². The SMILES string of the molecule is CN(C)C(=O)Cc1ccc(NC(=O)C2CC3CC3C2)cc1. The zero-order chi connectivity index (χ0) is 15.0. The van der Waals surface area contributed by atoms with Crippen LogP contribution in [0.15, 0.2) is 24.3 Å². The van der Waals surface area contributed by atoms with Crippen LogP contribution in [0.1, 0.15) is 24.8 Å². The van der Waals surface area contributed by atoms with Crippen molar-refractivity contribution < 1.29 is 9.59 Å². The Labute approximate surface area is 125 Å². The van der Waals surface area contributed by atoms with Gasteiger partial charge in [0.25, 0.3) is 0 Å². The average molecular weight is 286 g/mol. The molecule has 1 aromatic carbocycles. The van der Waals surface area contributed by atoms with Crippen molar-refractivity contribution in [3.63, 3.8) is 0 Å². The summed E-state index contributed by atoms with van der Waals surface area (Å²) in [4.78, 5) is 25.4. The number of rotatable bonds is 4. The molecule has 0 aromatic heterocycles. The number of carbonyl (C=O) groups is 2. The minimum Gasteiger partial charge on any atom is -0.349 e. The molecule has 0 saturated heterocycles. The number of anilines is 1. The lowest BCUT2D eigenvalue weighted by Crippen LogP contribution is -2.23. The van der Waals surface area contributed by atoms with Crippen LogP contribution < -0.4 is 5.32 Å². The van der Waals surface area contributed by atoms with Crippen LogP contribution in [0.3, 0.4) is 0 Å². The minimum atomic E-state index is 0.0805. The van der Waals surface area contributed by atoms with Gasteiger partial charge in [-0.25, -0.2) is 0 Å². The highest BCUT2D eigenvalue weighted by atomic mass is 16.2. The molecular weight excluding hydrogens is 264 g/mol. The van der Waals surface area contributed by atoms with Crippen molar-refractivity contribution in [1.82, 2.24) is 4.90 Å². The highest BCUT2D eigenvalue weighted by Gasteiger charge is 2.47. The van der Waals surface area contributed by atoms with Gasteiger partial charge in [0, 0.05) is 25.7 Å². The lowest BCUT2D eigenvalue weighted by atomic mass is 10.0. The molecule has 4 nitrogen and oxygen atoms in total. The number of hydrogen-bond acceptors (Lipinski definition) is 2. The third-order valence-corrected chi connectivity index (χ3v) is 4.69. The Balaban J connectivity index is 1.54. The number of hydrogen-bond donors (Lipinski definition) is 1. The molecule has 2 unspecified atom stereocenters. The zero-order valence-corrected chi connectivity index (χ0v) is 12.6. The Morgan fingerprint density at radius 3 is 2.29 bits per heavy atom. The molecule has 1 N–H and O–H groups in total. The van der Waals surface area contributed by atoms with E-state index >= 15 is 0 Å². The summed E-state index contributed by atoms with van der Waals surface area (Å²) in [6, 6.07) is 7.57. The fourth-order valence-corrected chi connectivity index (χ4v) is 3.21.